The molecule has 0 atom stereocenters. The molecule has 0 aliphatic rings. The molecule has 168 valence electrons. The largest absolute Gasteiger partial charge is 0.321 e. The van der Waals surface area contributed by atoms with E-state index in [1.54, 1.807) is 12.1 Å². The Morgan fingerprint density at radius 3 is 2.48 bits per heavy atom. The molecule has 3 aromatic carbocycles. The van der Waals surface area contributed by atoms with Gasteiger partial charge in [-0.1, -0.05) is 43.1 Å². The molecule has 0 fully saturated rings. The Kier molecular flexibility index (Phi) is 6.37. The number of aryl methyl sites for hydroxylation is 1. The number of nitro benzene ring substituents is 1. The lowest BCUT2D eigenvalue weighted by molar-refractivity contribution is -0.385. The van der Waals surface area contributed by atoms with E-state index in [2.05, 4.69) is 34.6 Å². The van der Waals surface area contributed by atoms with Gasteiger partial charge in [-0.3, -0.25) is 14.9 Å². The lowest BCUT2D eigenvalue weighted by Gasteiger charge is -2.09. The summed E-state index contributed by atoms with van der Waals surface area (Å²) in [5, 5.41) is 23.2. The number of hydrogen-bond acceptors (Lipinski definition) is 5. The molecule has 0 radical (unpaired) electrons. The second-order valence-electron chi connectivity index (χ2n) is 7.74. The molecule has 0 aliphatic carbocycles. The van der Waals surface area contributed by atoms with Crippen molar-refractivity contribution in [1.82, 2.24) is 15.0 Å². The highest BCUT2D eigenvalue weighted by Gasteiger charge is 2.19. The fraction of sp³-hybridized carbons (Fsp3) is 0.208. The standard InChI is InChI=1S/C24H22ClN5O3/c1-3-4-6-16-9-11-17(12-10-16)29-27-21-13-19(25)20(14-22(21)28-29)26-24(31)18-7-5-8-23(15(18)2)30(32)33/h5,7-14H,3-4,6H2,1-2H3,(H,26,31). The van der Waals surface area contributed by atoms with Gasteiger partial charge in [-0.15, -0.1) is 10.2 Å². The number of aromatic nitrogens is 3. The van der Waals surface area contributed by atoms with Crippen molar-refractivity contribution in [3.05, 3.63) is 86.4 Å². The van der Waals surface area contributed by atoms with Crippen LogP contribution in [0.5, 0.6) is 0 Å². The van der Waals surface area contributed by atoms with Gasteiger partial charge < -0.3 is 5.32 Å². The number of nitrogens with zero attached hydrogens (tertiary/aromatic N) is 4. The highest BCUT2D eigenvalue weighted by molar-refractivity contribution is 6.34. The average Bonchev–Trinajstić information content (AvgIpc) is 3.20. The van der Waals surface area contributed by atoms with Gasteiger partial charge in [-0.25, -0.2) is 0 Å². The lowest BCUT2D eigenvalue weighted by atomic mass is 10.1. The topological polar surface area (TPSA) is 103 Å². The quantitative estimate of drug-likeness (QED) is 0.272. The van der Waals surface area contributed by atoms with Gasteiger partial charge in [0.2, 0.25) is 0 Å². The Hall–Kier alpha value is -3.78. The summed E-state index contributed by atoms with van der Waals surface area (Å²) in [4.78, 5) is 25.0. The maximum Gasteiger partial charge on any atom is 0.273 e. The summed E-state index contributed by atoms with van der Waals surface area (Å²) in [6.07, 6.45) is 3.33. The summed E-state index contributed by atoms with van der Waals surface area (Å²) in [7, 11) is 0. The van der Waals surface area contributed by atoms with Crippen LogP contribution in [0.3, 0.4) is 0 Å². The first-order valence-corrected chi connectivity index (χ1v) is 11.0. The van der Waals surface area contributed by atoms with Gasteiger partial charge >= 0.3 is 0 Å². The van der Waals surface area contributed by atoms with Crippen LogP contribution in [0.15, 0.2) is 54.6 Å². The second-order valence-corrected chi connectivity index (χ2v) is 8.15. The van der Waals surface area contributed by atoms with Gasteiger partial charge in [-0.05, 0) is 55.7 Å². The van der Waals surface area contributed by atoms with E-state index in [1.807, 2.05) is 12.1 Å². The first kappa shape index (κ1) is 22.4. The van der Waals surface area contributed by atoms with Gasteiger partial charge in [-0.2, -0.15) is 4.80 Å². The van der Waals surface area contributed by atoms with Gasteiger partial charge in [0.15, 0.2) is 0 Å². The molecule has 8 nitrogen and oxygen atoms in total. The van der Waals surface area contributed by atoms with Gasteiger partial charge in [0.25, 0.3) is 11.6 Å². The van der Waals surface area contributed by atoms with E-state index in [9.17, 15) is 14.9 Å². The Bertz CT molecular complexity index is 1350. The molecule has 0 saturated carbocycles. The second kappa shape index (κ2) is 9.38. The molecule has 9 heteroatoms. The fourth-order valence-corrected chi connectivity index (χ4v) is 3.79. The predicted octanol–water partition coefficient (Wildman–Crippen LogP) is 5.89. The van der Waals surface area contributed by atoms with Crippen molar-refractivity contribution in [3.63, 3.8) is 0 Å². The van der Waals surface area contributed by atoms with E-state index in [4.69, 9.17) is 11.6 Å². The van der Waals surface area contributed by atoms with Gasteiger partial charge in [0.05, 0.1) is 21.3 Å². The third kappa shape index (κ3) is 4.70. The molecule has 0 unspecified atom stereocenters. The van der Waals surface area contributed by atoms with Crippen LogP contribution >= 0.6 is 11.6 Å². The summed E-state index contributed by atoms with van der Waals surface area (Å²) in [5.74, 6) is -0.493. The number of nitro groups is 1. The normalized spacial score (nSPS) is 11.0. The van der Waals surface area contributed by atoms with E-state index in [1.165, 1.54) is 35.5 Å². The Balaban J connectivity index is 1.60. The molecule has 4 rings (SSSR count). The van der Waals surface area contributed by atoms with E-state index in [0.717, 1.165) is 24.9 Å². The van der Waals surface area contributed by atoms with Crippen LogP contribution in [0.4, 0.5) is 11.4 Å². The third-order valence-electron chi connectivity index (χ3n) is 5.45. The number of nitrogens with one attached hydrogen (secondary N) is 1. The number of hydrogen-bond donors (Lipinski definition) is 1. The number of fused-ring (bicyclic) bond motifs is 1. The number of carbonyl (C=O) groups is 1. The Morgan fingerprint density at radius 2 is 1.82 bits per heavy atom. The minimum Gasteiger partial charge on any atom is -0.321 e. The average molecular weight is 464 g/mol. The Labute approximate surface area is 195 Å². The van der Waals surface area contributed by atoms with Crippen LogP contribution in [0, 0.1) is 17.0 Å². The van der Waals surface area contributed by atoms with Crippen LogP contribution < -0.4 is 5.32 Å². The van der Waals surface area contributed by atoms with Gasteiger partial charge in [0.1, 0.15) is 11.0 Å². The summed E-state index contributed by atoms with van der Waals surface area (Å²) in [6.45, 7) is 3.71. The molecule has 1 heterocycles. The van der Waals surface area contributed by atoms with Crippen LogP contribution in [0.2, 0.25) is 5.02 Å². The monoisotopic (exact) mass is 463 g/mol. The number of benzene rings is 3. The summed E-state index contributed by atoms with van der Waals surface area (Å²) in [6, 6.07) is 15.7. The molecular weight excluding hydrogens is 442 g/mol. The lowest BCUT2D eigenvalue weighted by Crippen LogP contribution is -2.14. The maximum absolute atomic E-state index is 12.8. The summed E-state index contributed by atoms with van der Waals surface area (Å²) < 4.78 is 0. The smallest absolute Gasteiger partial charge is 0.273 e. The van der Waals surface area contributed by atoms with Crippen molar-refractivity contribution in [1.29, 1.82) is 0 Å². The van der Waals surface area contributed by atoms with Crippen molar-refractivity contribution in [2.24, 2.45) is 0 Å². The number of unbranched alkanes of at least 4 members (excludes halogenated alkanes) is 1. The zero-order chi connectivity index (χ0) is 23.5. The molecule has 1 amide bonds. The highest BCUT2D eigenvalue weighted by Crippen LogP contribution is 2.29. The first-order chi connectivity index (χ1) is 15.9. The number of carbonyl (C=O) groups excluding carboxylic acids is 1. The molecule has 4 aromatic rings. The maximum atomic E-state index is 12.8. The van der Waals surface area contributed by atoms with Crippen LogP contribution in [-0.4, -0.2) is 25.8 Å². The van der Waals surface area contributed by atoms with Crippen molar-refractivity contribution in [2.75, 3.05) is 5.32 Å². The summed E-state index contributed by atoms with van der Waals surface area (Å²) >= 11 is 6.38. The number of halogens is 1. The highest BCUT2D eigenvalue weighted by atomic mass is 35.5. The van der Waals surface area contributed by atoms with Crippen molar-refractivity contribution < 1.29 is 9.72 Å². The number of amides is 1. The fourth-order valence-electron chi connectivity index (χ4n) is 3.58. The number of rotatable bonds is 7. The molecule has 0 bridgehead atoms. The van der Waals surface area contributed by atoms with E-state index >= 15 is 0 Å². The molecule has 0 spiro atoms. The van der Waals surface area contributed by atoms with Crippen LogP contribution in [0.1, 0.15) is 41.3 Å². The van der Waals surface area contributed by atoms with E-state index < -0.39 is 10.8 Å². The predicted molar refractivity (Wildman–Crippen MR) is 128 cm³/mol. The molecule has 0 saturated heterocycles. The molecule has 1 N–H and O–H groups in total. The molecular formula is C24H22ClN5O3. The third-order valence-corrected chi connectivity index (χ3v) is 5.76. The van der Waals surface area contributed by atoms with Crippen molar-refractivity contribution in [2.45, 2.75) is 33.1 Å². The van der Waals surface area contributed by atoms with Crippen LogP contribution in [0.25, 0.3) is 16.7 Å². The minimum atomic E-state index is -0.514. The SMILES string of the molecule is CCCCc1ccc(-n2nc3cc(Cl)c(NC(=O)c4cccc([N+](=O)[O-])c4C)cc3n2)cc1. The minimum absolute atomic E-state index is 0.118. The van der Waals surface area contributed by atoms with E-state index in [0.29, 0.717) is 21.7 Å². The molecule has 0 aliphatic heterocycles. The number of anilines is 1. The Morgan fingerprint density at radius 1 is 1.12 bits per heavy atom. The van der Waals surface area contributed by atoms with Crippen molar-refractivity contribution >= 4 is 39.9 Å². The zero-order valence-electron chi connectivity index (χ0n) is 18.2. The van der Waals surface area contributed by atoms with Crippen molar-refractivity contribution in [3.8, 4) is 5.69 Å². The summed E-state index contributed by atoms with van der Waals surface area (Å²) in [5.41, 5.74) is 3.94. The van der Waals surface area contributed by atoms with Crippen LogP contribution in [-0.2, 0) is 6.42 Å². The van der Waals surface area contributed by atoms with E-state index in [-0.39, 0.29) is 16.8 Å². The molecule has 33 heavy (non-hydrogen) atoms. The molecule has 1 aromatic heterocycles. The van der Waals surface area contributed by atoms with Gasteiger partial charge in [0, 0.05) is 17.2 Å². The first-order valence-electron chi connectivity index (χ1n) is 10.6. The zero-order valence-corrected chi connectivity index (χ0v) is 19.0.